The maximum Gasteiger partial charge on any atom is 0.147 e. The van der Waals surface area contributed by atoms with Crippen molar-refractivity contribution in [3.63, 3.8) is 0 Å². The standard InChI is InChI=1S/C6H15NO.C6H10O5S.3C6H6O3S.3C5H12O.C4H10.4C2H6/c1-3-7(4-2)5-6-8;1-4(7)3-6(5(2)8)12(9,10)11;3*7-10(8,9)6-4-2-1-3-5-6;3*1-2-3-4-5-6;1-4(2)3;4*1-2/h8H,3-6H2,1-2H3;6H,3H2,1-2H3,(H,9,10,11);3*1-5H,(H,7,8,9);3*6H,2-5H2,1H3;4H,1-3H3;4*1-2H3/p-4. The molecule has 3 rings (SSSR count). The molecule has 3 aromatic carbocycles. The van der Waals surface area contributed by atoms with Gasteiger partial charge in [-0.3, -0.25) is 9.59 Å². The third kappa shape index (κ3) is 85.7. The molecule has 0 saturated heterocycles. The zero-order valence-electron chi connectivity index (χ0n) is 51.9. The summed E-state index contributed by atoms with van der Waals surface area (Å²) in [5.74, 6) is -0.449. The molecule has 0 aliphatic carbocycles. The molecule has 0 aliphatic heterocycles. The smallest absolute Gasteiger partial charge is 0.147 e. The normalized spacial score (nSPS) is 10.2. The summed E-state index contributed by atoms with van der Waals surface area (Å²) in [4.78, 5) is 22.7. The summed E-state index contributed by atoms with van der Waals surface area (Å²) in [6, 6.07) is 21.6. The molecule has 0 bridgehead atoms. The van der Waals surface area contributed by atoms with E-state index in [1.54, 1.807) is 18.2 Å². The second kappa shape index (κ2) is 71.5. The molecule has 4 N–H and O–H groups in total. The summed E-state index contributed by atoms with van der Waals surface area (Å²) < 4.78 is 124. The van der Waals surface area contributed by atoms with E-state index in [0.717, 1.165) is 77.9 Å². The minimum atomic E-state index is -4.68. The van der Waals surface area contributed by atoms with Crippen LogP contribution in [-0.2, 0) is 50.1 Å². The van der Waals surface area contributed by atoms with E-state index in [4.69, 9.17) is 20.4 Å². The van der Waals surface area contributed by atoms with Gasteiger partial charge in [0.2, 0.25) is 0 Å². The van der Waals surface area contributed by atoms with Crippen molar-refractivity contribution in [1.82, 2.24) is 4.90 Å². The van der Waals surface area contributed by atoms with Gasteiger partial charge < -0.3 is 43.5 Å². The van der Waals surface area contributed by atoms with E-state index < -0.39 is 63.7 Å². The van der Waals surface area contributed by atoms with Crippen molar-refractivity contribution >= 4 is 52.0 Å². The molecule has 1 unspecified atom stereocenters. The maximum absolute atomic E-state index is 10.6. The Balaban J connectivity index is -0.0000000858. The van der Waals surface area contributed by atoms with Gasteiger partial charge in [-0.25, -0.2) is 33.7 Å². The molecule has 0 radical (unpaired) electrons. The van der Waals surface area contributed by atoms with Gasteiger partial charge in [-0.2, -0.15) is 0 Å². The van der Waals surface area contributed by atoms with Crippen LogP contribution in [0.3, 0.4) is 0 Å². The Morgan fingerprint density at radius 3 is 0.738 bits per heavy atom. The Bertz CT molecular complexity index is 1930. The number of ketones is 2. The van der Waals surface area contributed by atoms with E-state index in [1.807, 2.05) is 55.4 Å². The number of nitrogens with zero attached hydrogens (tertiary/aromatic N) is 1. The molecule has 0 amide bonds. The highest BCUT2D eigenvalue weighted by molar-refractivity contribution is 7.87. The van der Waals surface area contributed by atoms with Gasteiger partial charge >= 0.3 is 0 Å². The number of hydrogen-bond donors (Lipinski definition) is 4. The first-order valence-electron chi connectivity index (χ1n) is 27.5. The van der Waals surface area contributed by atoms with Crippen molar-refractivity contribution in [3.05, 3.63) is 91.0 Å². The van der Waals surface area contributed by atoms with Gasteiger partial charge in [0.15, 0.2) is 0 Å². The zero-order chi connectivity index (χ0) is 65.2. The van der Waals surface area contributed by atoms with Crippen LogP contribution in [-0.4, -0.2) is 140 Å². The van der Waals surface area contributed by atoms with Crippen LogP contribution in [0.5, 0.6) is 0 Å². The fourth-order valence-electron chi connectivity index (χ4n) is 4.24. The Hall–Kier alpha value is -3.56. The van der Waals surface area contributed by atoms with Gasteiger partial charge in [0.25, 0.3) is 0 Å². The van der Waals surface area contributed by atoms with Gasteiger partial charge in [-0.1, -0.05) is 204 Å². The van der Waals surface area contributed by atoms with E-state index in [0.29, 0.717) is 19.8 Å². The molecule has 0 aliphatic rings. The number of rotatable bonds is 20. The van der Waals surface area contributed by atoms with Gasteiger partial charge in [-0.15, -0.1) is 0 Å². The van der Waals surface area contributed by atoms with Crippen LogP contribution in [0.1, 0.15) is 189 Å². The number of carbonyl (C=O) groups is 2. The quantitative estimate of drug-likeness (QED) is 0.0603. The summed E-state index contributed by atoms with van der Waals surface area (Å²) in [5.41, 5.74) is 0. The fraction of sp³-hybridized carbons (Fsp3) is 0.649. The Kier molecular flexibility index (Phi) is 88.1. The highest BCUT2D eigenvalue weighted by Crippen LogP contribution is 2.08. The fourth-order valence-corrected chi connectivity index (χ4v) is 6.56. The lowest BCUT2D eigenvalue weighted by molar-refractivity contribution is -0.121. The molecule has 0 heterocycles. The van der Waals surface area contributed by atoms with Crippen molar-refractivity contribution < 1.29 is 81.9 Å². The molecule has 0 spiro atoms. The Labute approximate surface area is 488 Å². The predicted octanol–water partition coefficient (Wildman–Crippen LogP) is 10.8. The molecular weight excluding hydrogens is 1110 g/mol. The lowest BCUT2D eigenvalue weighted by Crippen LogP contribution is -2.30. The highest BCUT2D eigenvalue weighted by Gasteiger charge is 2.22. The number of unbranched alkanes of at least 4 members (excludes halogenated alkanes) is 6. The lowest BCUT2D eigenvalue weighted by Gasteiger charge is -2.15. The Morgan fingerprint density at radius 1 is 0.438 bits per heavy atom. The predicted molar refractivity (Wildman–Crippen MR) is 323 cm³/mol. The van der Waals surface area contributed by atoms with Gasteiger partial charge in [0.05, 0.1) is 21.3 Å². The first-order chi connectivity index (χ1) is 37.4. The van der Waals surface area contributed by atoms with Gasteiger partial charge in [0, 0.05) is 32.8 Å². The Morgan fingerprint density at radius 2 is 0.662 bits per heavy atom. The number of aliphatic hydroxyl groups is 4. The number of benzene rings is 3. The van der Waals surface area contributed by atoms with Crippen LogP contribution in [0.2, 0.25) is 0 Å². The molecule has 0 saturated carbocycles. The average Bonchev–Trinajstić information content (AvgIpc) is 3.43. The largest absolute Gasteiger partial charge is 0.747 e. The SMILES string of the molecule is CC.CC.CC.CC.CC(=O)CC(C(C)=O)S(=O)(=O)[O-].CC(C)C.CCCCCO.CCCCCO.CCCCCO.CCN(CC)CCO.O=S(=O)([O-])c1ccccc1.O=S(=O)([O-])c1ccccc1.O=S(=O)([O-])c1ccccc1. The average molecular weight is 1220 g/mol. The molecule has 19 nitrogen and oxygen atoms in total. The molecule has 0 fully saturated rings. The molecule has 3 aromatic rings. The molecule has 23 heteroatoms. The van der Waals surface area contributed by atoms with Crippen molar-refractivity contribution in [2.75, 3.05) is 46.1 Å². The van der Waals surface area contributed by atoms with E-state index in [1.165, 1.54) is 92.1 Å². The second-order valence-corrected chi connectivity index (χ2v) is 21.3. The minimum Gasteiger partial charge on any atom is -0.747 e. The van der Waals surface area contributed by atoms with Crippen LogP contribution in [0.15, 0.2) is 106 Å². The number of aliphatic hydroxyl groups excluding tert-OH is 4. The number of likely N-dealkylation sites (N-methyl/N-ethyl adjacent to an activating group) is 1. The molecule has 80 heavy (non-hydrogen) atoms. The first kappa shape index (κ1) is 98.6. The monoisotopic (exact) mass is 1220 g/mol. The lowest BCUT2D eigenvalue weighted by atomic mass is 10.2. The van der Waals surface area contributed by atoms with Gasteiger partial charge in [-0.05, 0) is 88.5 Å². The minimum absolute atomic E-state index is 0.185. The van der Waals surface area contributed by atoms with Crippen molar-refractivity contribution in [3.8, 4) is 0 Å². The highest BCUT2D eigenvalue weighted by atomic mass is 32.2. The van der Waals surface area contributed by atoms with E-state index in [9.17, 15) is 61.5 Å². The van der Waals surface area contributed by atoms with Crippen LogP contribution < -0.4 is 0 Å². The molecule has 1 atom stereocenters. The van der Waals surface area contributed by atoms with Crippen LogP contribution in [0, 0.1) is 5.92 Å². The summed E-state index contributed by atoms with van der Waals surface area (Å²) in [6.45, 7) is 39.4. The summed E-state index contributed by atoms with van der Waals surface area (Å²) in [7, 11) is -17.4. The summed E-state index contributed by atoms with van der Waals surface area (Å²) in [6.07, 6.45) is 9.45. The second-order valence-electron chi connectivity index (χ2n) is 15.6. The number of carbonyl (C=O) groups excluding carboxylic acids is 2. The van der Waals surface area contributed by atoms with Gasteiger partial charge in [0.1, 0.15) is 57.3 Å². The summed E-state index contributed by atoms with van der Waals surface area (Å²) in [5, 5.41) is 31.3. The first-order valence-corrected chi connectivity index (χ1v) is 33.2. The van der Waals surface area contributed by atoms with Crippen LogP contribution >= 0.6 is 0 Å². The van der Waals surface area contributed by atoms with Crippen LogP contribution in [0.25, 0.3) is 0 Å². The van der Waals surface area contributed by atoms with Crippen molar-refractivity contribution in [1.29, 1.82) is 0 Å². The van der Waals surface area contributed by atoms with E-state index in [-0.39, 0.29) is 21.3 Å². The zero-order valence-corrected chi connectivity index (χ0v) is 55.2. The number of hydrogen-bond acceptors (Lipinski definition) is 19. The molecular formula is C57H109NO18S4-4. The number of Topliss-reactive ketones (excluding diaryl/α,β-unsaturated/α-hetero) is 2. The van der Waals surface area contributed by atoms with Crippen LogP contribution in [0.4, 0.5) is 0 Å². The third-order valence-corrected chi connectivity index (χ3v) is 11.7. The topological polar surface area (TPSA) is 347 Å². The third-order valence-electron chi connectivity index (χ3n) is 7.97. The maximum atomic E-state index is 10.6. The molecule has 478 valence electrons. The van der Waals surface area contributed by atoms with E-state index in [2.05, 4.69) is 60.3 Å². The van der Waals surface area contributed by atoms with Crippen molar-refractivity contribution in [2.45, 2.75) is 209 Å². The van der Waals surface area contributed by atoms with Crippen molar-refractivity contribution in [2.24, 2.45) is 5.92 Å². The van der Waals surface area contributed by atoms with E-state index >= 15 is 0 Å². The molecule has 0 aromatic heterocycles. The summed E-state index contributed by atoms with van der Waals surface area (Å²) >= 11 is 0.